The number of nitrogens with one attached hydrogen (secondary N) is 1. The van der Waals surface area contributed by atoms with Crippen LogP contribution in [0.1, 0.15) is 33.4 Å². The lowest BCUT2D eigenvalue weighted by Crippen LogP contribution is -2.25. The van der Waals surface area contributed by atoms with Crippen LogP contribution in [-0.4, -0.2) is 17.9 Å². The summed E-state index contributed by atoms with van der Waals surface area (Å²) in [4.78, 5) is 25.0. The number of carbonyl (C=O) groups excluding carboxylic acids is 2. The molecule has 0 aliphatic heterocycles. The average Bonchev–Trinajstić information content (AvgIpc) is 3.19. The SMILES string of the molecule is C[C@@H](OC(=O)c1ccccc1NCc1ccco1)C(=O)c1cccc(Cl)c1. The molecule has 1 heterocycles. The molecule has 6 heteroatoms. The molecule has 0 unspecified atom stereocenters. The van der Waals surface area contributed by atoms with Gasteiger partial charge in [-0.15, -0.1) is 0 Å². The van der Waals surface area contributed by atoms with Gasteiger partial charge in [0.1, 0.15) is 5.76 Å². The number of Topliss-reactive ketones (excluding diaryl/α,β-unsaturated/α-hetero) is 1. The number of hydrogen-bond acceptors (Lipinski definition) is 5. The second-order valence-corrected chi connectivity index (χ2v) is 6.34. The van der Waals surface area contributed by atoms with Crippen LogP contribution in [0.3, 0.4) is 0 Å². The molecule has 27 heavy (non-hydrogen) atoms. The first-order chi connectivity index (χ1) is 13.0. The van der Waals surface area contributed by atoms with Crippen molar-refractivity contribution in [2.45, 2.75) is 19.6 Å². The Morgan fingerprint density at radius 3 is 2.67 bits per heavy atom. The molecule has 5 nitrogen and oxygen atoms in total. The van der Waals surface area contributed by atoms with E-state index in [0.29, 0.717) is 28.4 Å². The van der Waals surface area contributed by atoms with Crippen LogP contribution in [0, 0.1) is 0 Å². The van der Waals surface area contributed by atoms with E-state index in [9.17, 15) is 9.59 Å². The third-order valence-corrected chi connectivity index (χ3v) is 4.18. The zero-order chi connectivity index (χ0) is 19.2. The minimum atomic E-state index is -0.936. The maximum atomic E-state index is 12.6. The van der Waals surface area contributed by atoms with E-state index >= 15 is 0 Å². The molecule has 3 rings (SSSR count). The van der Waals surface area contributed by atoms with Crippen molar-refractivity contribution in [3.63, 3.8) is 0 Å². The molecule has 0 spiro atoms. The number of ketones is 1. The highest BCUT2D eigenvalue weighted by molar-refractivity contribution is 6.31. The van der Waals surface area contributed by atoms with Crippen LogP contribution in [0.2, 0.25) is 5.02 Å². The van der Waals surface area contributed by atoms with E-state index in [-0.39, 0.29) is 5.78 Å². The number of esters is 1. The van der Waals surface area contributed by atoms with Crippen LogP contribution < -0.4 is 5.32 Å². The molecule has 0 fully saturated rings. The Balaban J connectivity index is 1.69. The molecule has 2 aromatic carbocycles. The molecule has 3 aromatic rings. The fourth-order valence-corrected chi connectivity index (χ4v) is 2.76. The maximum Gasteiger partial charge on any atom is 0.340 e. The van der Waals surface area contributed by atoms with Crippen molar-refractivity contribution in [1.82, 2.24) is 0 Å². The van der Waals surface area contributed by atoms with Crippen molar-refractivity contribution in [1.29, 1.82) is 0 Å². The number of benzene rings is 2. The highest BCUT2D eigenvalue weighted by atomic mass is 35.5. The number of para-hydroxylation sites is 1. The Bertz CT molecular complexity index is 937. The van der Waals surface area contributed by atoms with Crippen molar-refractivity contribution in [2.24, 2.45) is 0 Å². The van der Waals surface area contributed by atoms with Crippen molar-refractivity contribution < 1.29 is 18.7 Å². The highest BCUT2D eigenvalue weighted by Gasteiger charge is 2.22. The van der Waals surface area contributed by atoms with Gasteiger partial charge >= 0.3 is 5.97 Å². The van der Waals surface area contributed by atoms with Crippen LogP contribution in [0.5, 0.6) is 0 Å². The lowest BCUT2D eigenvalue weighted by atomic mass is 10.1. The molecule has 0 amide bonds. The minimum absolute atomic E-state index is 0.313. The maximum absolute atomic E-state index is 12.6. The number of hydrogen-bond donors (Lipinski definition) is 1. The van der Waals surface area contributed by atoms with Crippen LogP contribution in [0.15, 0.2) is 71.3 Å². The van der Waals surface area contributed by atoms with Gasteiger partial charge in [0.2, 0.25) is 5.78 Å². The molecule has 0 aliphatic carbocycles. The number of rotatable bonds is 7. The van der Waals surface area contributed by atoms with Crippen LogP contribution in [0.4, 0.5) is 5.69 Å². The summed E-state index contributed by atoms with van der Waals surface area (Å²) < 4.78 is 10.7. The van der Waals surface area contributed by atoms with Crippen molar-refractivity contribution in [3.05, 3.63) is 88.8 Å². The number of anilines is 1. The first kappa shape index (κ1) is 18.7. The zero-order valence-electron chi connectivity index (χ0n) is 14.6. The summed E-state index contributed by atoms with van der Waals surface area (Å²) in [6.45, 7) is 1.97. The van der Waals surface area contributed by atoms with E-state index in [4.69, 9.17) is 20.8 Å². The Morgan fingerprint density at radius 1 is 1.11 bits per heavy atom. The lowest BCUT2D eigenvalue weighted by molar-refractivity contribution is 0.0319. The number of furan rings is 1. The van der Waals surface area contributed by atoms with E-state index in [1.54, 1.807) is 61.7 Å². The van der Waals surface area contributed by atoms with Gasteiger partial charge in [-0.1, -0.05) is 35.9 Å². The predicted molar refractivity (Wildman–Crippen MR) is 103 cm³/mol. The van der Waals surface area contributed by atoms with Crippen molar-refractivity contribution in [2.75, 3.05) is 5.32 Å². The van der Waals surface area contributed by atoms with Gasteiger partial charge in [0.25, 0.3) is 0 Å². The Labute approximate surface area is 161 Å². The number of carbonyl (C=O) groups is 2. The summed E-state index contributed by atoms with van der Waals surface area (Å²) >= 11 is 5.92. The third-order valence-electron chi connectivity index (χ3n) is 3.94. The molecular formula is C21H18ClNO4. The molecule has 0 saturated carbocycles. The molecule has 0 saturated heterocycles. The fourth-order valence-electron chi connectivity index (χ4n) is 2.56. The standard InChI is InChI=1S/C21H18ClNO4/c1-14(20(24)15-6-4-7-16(22)12-15)27-21(25)18-9-2-3-10-19(18)23-13-17-8-5-11-26-17/h2-12,14,23H,13H2,1H3/t14-/m1/s1. The molecule has 0 bridgehead atoms. The second-order valence-electron chi connectivity index (χ2n) is 5.90. The first-order valence-electron chi connectivity index (χ1n) is 8.40. The normalized spacial score (nSPS) is 11.6. The number of ether oxygens (including phenoxy) is 1. The van der Waals surface area contributed by atoms with Crippen LogP contribution in [-0.2, 0) is 11.3 Å². The minimum Gasteiger partial charge on any atom is -0.467 e. The monoisotopic (exact) mass is 383 g/mol. The zero-order valence-corrected chi connectivity index (χ0v) is 15.4. The Morgan fingerprint density at radius 2 is 1.93 bits per heavy atom. The Kier molecular flexibility index (Phi) is 5.94. The molecule has 0 aliphatic rings. The number of halogens is 1. The molecular weight excluding hydrogens is 366 g/mol. The van der Waals surface area contributed by atoms with Gasteiger partial charge in [0.05, 0.1) is 18.4 Å². The summed E-state index contributed by atoms with van der Waals surface area (Å²) in [5.74, 6) is -0.157. The summed E-state index contributed by atoms with van der Waals surface area (Å²) in [6.07, 6.45) is 0.648. The van der Waals surface area contributed by atoms with Gasteiger partial charge in [0.15, 0.2) is 6.10 Å². The van der Waals surface area contributed by atoms with Gasteiger partial charge in [-0.3, -0.25) is 4.79 Å². The lowest BCUT2D eigenvalue weighted by Gasteiger charge is -2.15. The van der Waals surface area contributed by atoms with E-state index in [0.717, 1.165) is 5.76 Å². The Hall–Kier alpha value is -3.05. The van der Waals surface area contributed by atoms with E-state index in [2.05, 4.69) is 5.32 Å². The van der Waals surface area contributed by atoms with Crippen molar-refractivity contribution >= 4 is 29.0 Å². The van der Waals surface area contributed by atoms with Gasteiger partial charge in [0, 0.05) is 16.3 Å². The van der Waals surface area contributed by atoms with Crippen LogP contribution in [0.25, 0.3) is 0 Å². The van der Waals surface area contributed by atoms with Crippen LogP contribution >= 0.6 is 11.6 Å². The largest absolute Gasteiger partial charge is 0.467 e. The molecule has 1 aromatic heterocycles. The average molecular weight is 384 g/mol. The van der Waals surface area contributed by atoms with E-state index in [1.807, 2.05) is 12.1 Å². The summed E-state index contributed by atoms with van der Waals surface area (Å²) in [5, 5.41) is 3.59. The van der Waals surface area contributed by atoms with Gasteiger partial charge in [-0.05, 0) is 43.3 Å². The fraction of sp³-hybridized carbons (Fsp3) is 0.143. The topological polar surface area (TPSA) is 68.5 Å². The highest BCUT2D eigenvalue weighted by Crippen LogP contribution is 2.19. The van der Waals surface area contributed by atoms with E-state index < -0.39 is 12.1 Å². The summed E-state index contributed by atoms with van der Waals surface area (Å²) in [6, 6.07) is 17.1. The summed E-state index contributed by atoms with van der Waals surface area (Å²) in [5.41, 5.74) is 1.34. The van der Waals surface area contributed by atoms with Crippen molar-refractivity contribution in [3.8, 4) is 0 Å². The predicted octanol–water partition coefficient (Wildman–Crippen LogP) is 4.97. The smallest absolute Gasteiger partial charge is 0.340 e. The molecule has 1 N–H and O–H groups in total. The van der Waals surface area contributed by atoms with E-state index in [1.165, 1.54) is 0 Å². The molecule has 138 valence electrons. The quantitative estimate of drug-likeness (QED) is 0.460. The first-order valence-corrected chi connectivity index (χ1v) is 8.78. The molecule has 0 radical (unpaired) electrons. The van der Waals surface area contributed by atoms with Gasteiger partial charge in [-0.2, -0.15) is 0 Å². The molecule has 1 atom stereocenters. The third kappa shape index (κ3) is 4.77. The second kappa shape index (κ2) is 8.56. The summed E-state index contributed by atoms with van der Waals surface area (Å²) in [7, 11) is 0. The van der Waals surface area contributed by atoms with Gasteiger partial charge in [-0.25, -0.2) is 4.79 Å². The van der Waals surface area contributed by atoms with Gasteiger partial charge < -0.3 is 14.5 Å².